The van der Waals surface area contributed by atoms with Crippen LogP contribution in [-0.2, 0) is 5.72 Å². The number of aliphatic hydroxyl groups is 1. The molecule has 0 radical (unpaired) electrons. The van der Waals surface area contributed by atoms with Crippen LogP contribution in [0.2, 0.25) is 0 Å². The Bertz CT molecular complexity index is 652. The molecule has 130 valence electrons. The molecule has 1 N–H and O–H groups in total. The molecule has 2 heterocycles. The number of rotatable bonds is 6. The molecule has 2 atom stereocenters. The molecule has 1 aromatic carbocycles. The standard InChI is InChI=1S/C19H26N3O.BrH/c1-3-4-5-9-15-22-18-20-13-10-14-21(18)16(2)19(22,23)17-11-7-6-8-12-17;/h6-8,10-14,16,23H,3-5,9,15H2,1-2H3;1H/q+1;/p-1. The Kier molecular flexibility index (Phi) is 6.35. The van der Waals surface area contributed by atoms with Crippen LogP contribution in [0.1, 0.15) is 51.1 Å². The normalized spacial score (nSPS) is 22.1. The predicted octanol–water partition coefficient (Wildman–Crippen LogP) is 0.180. The van der Waals surface area contributed by atoms with Gasteiger partial charge in [-0.3, -0.25) is 0 Å². The molecule has 0 amide bonds. The van der Waals surface area contributed by atoms with E-state index in [1.165, 1.54) is 19.3 Å². The van der Waals surface area contributed by atoms with Crippen molar-refractivity contribution in [2.24, 2.45) is 0 Å². The third-order valence-corrected chi connectivity index (χ3v) is 4.84. The summed E-state index contributed by atoms with van der Waals surface area (Å²) in [6.07, 6.45) is 8.49. The molecule has 1 aromatic heterocycles. The number of anilines is 1. The number of nitrogens with zero attached hydrogens (tertiary/aromatic N) is 3. The van der Waals surface area contributed by atoms with Crippen LogP contribution in [0.15, 0.2) is 48.8 Å². The summed E-state index contributed by atoms with van der Waals surface area (Å²) in [5.41, 5.74) is -0.122. The van der Waals surface area contributed by atoms with Crippen LogP contribution in [0.5, 0.6) is 0 Å². The quantitative estimate of drug-likeness (QED) is 0.563. The van der Waals surface area contributed by atoms with E-state index in [-0.39, 0.29) is 23.0 Å². The van der Waals surface area contributed by atoms with Gasteiger partial charge in [0, 0.05) is 11.6 Å². The Morgan fingerprint density at radius 3 is 2.62 bits per heavy atom. The van der Waals surface area contributed by atoms with Crippen LogP contribution in [0.25, 0.3) is 0 Å². The van der Waals surface area contributed by atoms with E-state index < -0.39 is 5.72 Å². The smallest absolute Gasteiger partial charge is 0.397 e. The van der Waals surface area contributed by atoms with Gasteiger partial charge >= 0.3 is 5.95 Å². The molecule has 0 saturated heterocycles. The monoisotopic (exact) mass is 391 g/mol. The van der Waals surface area contributed by atoms with Crippen molar-refractivity contribution in [2.45, 2.75) is 51.3 Å². The van der Waals surface area contributed by atoms with Crippen LogP contribution in [0, 0.1) is 0 Å². The highest BCUT2D eigenvalue weighted by Gasteiger charge is 2.56. The van der Waals surface area contributed by atoms with Crippen molar-refractivity contribution in [3.63, 3.8) is 0 Å². The summed E-state index contributed by atoms with van der Waals surface area (Å²) in [6.45, 7) is 5.09. The summed E-state index contributed by atoms with van der Waals surface area (Å²) in [7, 11) is 0. The maximum Gasteiger partial charge on any atom is 0.397 e. The van der Waals surface area contributed by atoms with Crippen LogP contribution < -0.4 is 26.4 Å². The van der Waals surface area contributed by atoms with E-state index in [9.17, 15) is 5.11 Å². The molecule has 24 heavy (non-hydrogen) atoms. The molecule has 1 aliphatic rings. The van der Waals surface area contributed by atoms with Crippen molar-refractivity contribution in [1.29, 1.82) is 0 Å². The SMILES string of the molecule is CCCCCCN1c2nccc[n+]2C(C)C1(O)c1ccccc1.[Br-]. The molecule has 1 aliphatic heterocycles. The maximum atomic E-state index is 11.6. The fourth-order valence-corrected chi connectivity index (χ4v) is 3.51. The van der Waals surface area contributed by atoms with Gasteiger partial charge < -0.3 is 22.1 Å². The molecule has 5 heteroatoms. The van der Waals surface area contributed by atoms with Crippen molar-refractivity contribution < 1.29 is 26.7 Å². The average molecular weight is 392 g/mol. The van der Waals surface area contributed by atoms with E-state index >= 15 is 0 Å². The molecule has 0 spiro atoms. The van der Waals surface area contributed by atoms with Crippen LogP contribution in [0.3, 0.4) is 0 Å². The van der Waals surface area contributed by atoms with Crippen molar-refractivity contribution >= 4 is 5.95 Å². The fourth-order valence-electron chi connectivity index (χ4n) is 3.51. The van der Waals surface area contributed by atoms with Gasteiger partial charge in [-0.2, -0.15) is 0 Å². The molecule has 3 rings (SSSR count). The predicted molar refractivity (Wildman–Crippen MR) is 91.0 cm³/mol. The Labute approximate surface area is 154 Å². The summed E-state index contributed by atoms with van der Waals surface area (Å²) < 4.78 is 2.08. The highest BCUT2D eigenvalue weighted by Crippen LogP contribution is 2.41. The topological polar surface area (TPSA) is 40.2 Å². The van der Waals surface area contributed by atoms with Gasteiger partial charge in [0.25, 0.3) is 0 Å². The van der Waals surface area contributed by atoms with E-state index in [0.29, 0.717) is 0 Å². The minimum absolute atomic E-state index is 0. The van der Waals surface area contributed by atoms with E-state index in [2.05, 4.69) is 28.3 Å². The van der Waals surface area contributed by atoms with Gasteiger partial charge in [0.2, 0.25) is 5.72 Å². The van der Waals surface area contributed by atoms with Gasteiger partial charge in [-0.1, -0.05) is 61.5 Å². The summed E-state index contributed by atoms with van der Waals surface area (Å²) in [5.74, 6) is 0.850. The van der Waals surface area contributed by atoms with E-state index in [0.717, 1.165) is 24.5 Å². The Morgan fingerprint density at radius 1 is 1.17 bits per heavy atom. The fraction of sp³-hybridized carbons (Fsp3) is 0.474. The lowest BCUT2D eigenvalue weighted by Crippen LogP contribution is -3.00. The molecule has 2 aromatic rings. The number of unbranched alkanes of at least 4 members (excludes halogenated alkanes) is 3. The number of benzene rings is 1. The highest BCUT2D eigenvalue weighted by molar-refractivity contribution is 5.39. The number of hydrogen-bond donors (Lipinski definition) is 1. The lowest BCUT2D eigenvalue weighted by Gasteiger charge is -2.31. The molecule has 0 bridgehead atoms. The van der Waals surface area contributed by atoms with Crippen molar-refractivity contribution in [3.8, 4) is 0 Å². The second-order valence-electron chi connectivity index (χ2n) is 6.31. The first kappa shape index (κ1) is 18.9. The maximum absolute atomic E-state index is 11.6. The minimum atomic E-state index is -1.05. The zero-order chi connectivity index (χ0) is 16.3. The lowest BCUT2D eigenvalue weighted by atomic mass is 9.95. The largest absolute Gasteiger partial charge is 1.00 e. The lowest BCUT2D eigenvalue weighted by molar-refractivity contribution is -0.709. The van der Waals surface area contributed by atoms with E-state index in [1.54, 1.807) is 6.20 Å². The van der Waals surface area contributed by atoms with Gasteiger partial charge in [0.05, 0.1) is 12.7 Å². The Hall–Kier alpha value is -1.46. The Balaban J connectivity index is 0.00000208. The zero-order valence-electron chi connectivity index (χ0n) is 14.4. The zero-order valence-corrected chi connectivity index (χ0v) is 16.0. The van der Waals surface area contributed by atoms with E-state index in [1.807, 2.05) is 42.6 Å². The molecule has 0 aliphatic carbocycles. The van der Waals surface area contributed by atoms with Crippen LogP contribution in [0.4, 0.5) is 5.95 Å². The van der Waals surface area contributed by atoms with Gasteiger partial charge in [-0.25, -0.2) is 9.47 Å². The number of aromatic nitrogens is 2. The minimum Gasteiger partial charge on any atom is -1.00 e. The van der Waals surface area contributed by atoms with Crippen LogP contribution >= 0.6 is 0 Å². The first-order chi connectivity index (χ1) is 11.2. The molecule has 0 fully saturated rings. The van der Waals surface area contributed by atoms with E-state index in [4.69, 9.17) is 0 Å². The highest BCUT2D eigenvalue weighted by atomic mass is 79.9. The van der Waals surface area contributed by atoms with Crippen molar-refractivity contribution in [3.05, 3.63) is 54.4 Å². The second kappa shape index (κ2) is 8.08. The number of fused-ring (bicyclic) bond motifs is 1. The average Bonchev–Trinajstić information content (AvgIpc) is 2.82. The molecule has 2 unspecified atom stereocenters. The number of hydrogen-bond acceptors (Lipinski definition) is 3. The summed E-state index contributed by atoms with van der Waals surface area (Å²) >= 11 is 0. The third-order valence-electron chi connectivity index (χ3n) is 4.84. The molecule has 0 saturated carbocycles. The van der Waals surface area contributed by atoms with Crippen LogP contribution in [-0.4, -0.2) is 16.6 Å². The first-order valence-corrected chi connectivity index (χ1v) is 8.61. The van der Waals surface area contributed by atoms with Gasteiger partial charge in [-0.15, -0.1) is 0 Å². The molecular formula is C19H26BrN3O. The summed E-state index contributed by atoms with van der Waals surface area (Å²) in [4.78, 5) is 6.61. The molecule has 4 nitrogen and oxygen atoms in total. The van der Waals surface area contributed by atoms with Gasteiger partial charge in [0.1, 0.15) is 12.2 Å². The second-order valence-corrected chi connectivity index (χ2v) is 6.31. The van der Waals surface area contributed by atoms with Crippen molar-refractivity contribution in [1.82, 2.24) is 4.98 Å². The van der Waals surface area contributed by atoms with Gasteiger partial charge in [0.15, 0.2) is 0 Å². The summed E-state index contributed by atoms with van der Waals surface area (Å²) in [5, 5.41) is 11.6. The van der Waals surface area contributed by atoms with Gasteiger partial charge in [-0.05, 0) is 13.3 Å². The number of halogens is 1. The first-order valence-electron chi connectivity index (χ1n) is 8.61. The third kappa shape index (κ3) is 3.20. The molecular weight excluding hydrogens is 366 g/mol. The Morgan fingerprint density at radius 2 is 1.92 bits per heavy atom. The summed E-state index contributed by atoms with van der Waals surface area (Å²) in [6, 6.07) is 11.8. The van der Waals surface area contributed by atoms with Crippen molar-refractivity contribution in [2.75, 3.05) is 11.4 Å².